The van der Waals surface area contributed by atoms with Crippen molar-refractivity contribution in [2.75, 3.05) is 6.54 Å². The summed E-state index contributed by atoms with van der Waals surface area (Å²) < 4.78 is 5.63. The molecular formula is C15H14N4O. The molecule has 1 aromatic carbocycles. The average Bonchev–Trinajstić information content (AvgIpc) is 2.53. The molecule has 0 aliphatic carbocycles. The van der Waals surface area contributed by atoms with E-state index in [4.69, 9.17) is 4.74 Å². The Bertz CT molecular complexity index is 649. The van der Waals surface area contributed by atoms with Crippen molar-refractivity contribution < 1.29 is 4.74 Å². The maximum absolute atomic E-state index is 9.19. The van der Waals surface area contributed by atoms with Gasteiger partial charge < -0.3 is 10.1 Å². The molecule has 1 aromatic heterocycles. The third-order valence-corrected chi connectivity index (χ3v) is 3.20. The van der Waals surface area contributed by atoms with Gasteiger partial charge in [-0.2, -0.15) is 5.26 Å². The number of aromatic nitrogens is 2. The van der Waals surface area contributed by atoms with Crippen molar-refractivity contribution in [3.8, 4) is 11.8 Å². The van der Waals surface area contributed by atoms with E-state index in [1.807, 2.05) is 30.3 Å². The fraction of sp³-hybridized carbons (Fsp3) is 0.267. The minimum atomic E-state index is 0.277. The van der Waals surface area contributed by atoms with Crippen LogP contribution in [0.5, 0.6) is 5.75 Å². The lowest BCUT2D eigenvalue weighted by Gasteiger charge is -2.17. The molecule has 0 unspecified atom stereocenters. The van der Waals surface area contributed by atoms with Crippen LogP contribution >= 0.6 is 0 Å². The highest BCUT2D eigenvalue weighted by molar-refractivity contribution is 5.36. The van der Waals surface area contributed by atoms with Crippen molar-refractivity contribution in [1.82, 2.24) is 15.3 Å². The van der Waals surface area contributed by atoms with E-state index < -0.39 is 0 Å². The molecule has 3 rings (SSSR count). The fourth-order valence-electron chi connectivity index (χ4n) is 2.22. The second kappa shape index (κ2) is 5.68. The summed E-state index contributed by atoms with van der Waals surface area (Å²) in [6, 6.07) is 11.7. The first kappa shape index (κ1) is 12.6. The largest absolute Gasteiger partial charge is 0.486 e. The second-order valence-corrected chi connectivity index (χ2v) is 4.55. The number of para-hydroxylation sites is 1. The standard InChI is InChI=1S/C15H14N4O/c16-8-14-12-9-17-7-6-13(12)18-15(19-14)10-20-11-4-2-1-3-5-11/h1-5,17H,6-7,9-10H2. The summed E-state index contributed by atoms with van der Waals surface area (Å²) in [6.07, 6.45) is 0.824. The molecule has 5 heteroatoms. The highest BCUT2D eigenvalue weighted by Gasteiger charge is 2.17. The maximum atomic E-state index is 9.19. The van der Waals surface area contributed by atoms with Gasteiger partial charge in [-0.25, -0.2) is 9.97 Å². The predicted octanol–water partition coefficient (Wildman–Crippen LogP) is 1.57. The molecule has 2 aromatic rings. The monoisotopic (exact) mass is 266 g/mol. The van der Waals surface area contributed by atoms with Gasteiger partial charge in [-0.1, -0.05) is 18.2 Å². The highest BCUT2D eigenvalue weighted by atomic mass is 16.5. The summed E-state index contributed by atoms with van der Waals surface area (Å²) in [4.78, 5) is 8.79. The molecule has 0 radical (unpaired) electrons. The molecular weight excluding hydrogens is 252 g/mol. The van der Waals surface area contributed by atoms with Crippen LogP contribution in [0.1, 0.15) is 22.8 Å². The number of ether oxygens (including phenoxy) is 1. The number of hydrogen-bond donors (Lipinski definition) is 1. The number of fused-ring (bicyclic) bond motifs is 1. The minimum absolute atomic E-state index is 0.277. The number of nitrogens with one attached hydrogen (secondary N) is 1. The molecule has 100 valence electrons. The molecule has 0 amide bonds. The lowest BCUT2D eigenvalue weighted by Crippen LogP contribution is -2.27. The maximum Gasteiger partial charge on any atom is 0.167 e. The zero-order chi connectivity index (χ0) is 13.8. The minimum Gasteiger partial charge on any atom is -0.486 e. The van der Waals surface area contributed by atoms with E-state index >= 15 is 0 Å². The van der Waals surface area contributed by atoms with E-state index in [-0.39, 0.29) is 6.61 Å². The molecule has 1 aliphatic heterocycles. The van der Waals surface area contributed by atoms with E-state index in [9.17, 15) is 5.26 Å². The van der Waals surface area contributed by atoms with Crippen LogP contribution in [-0.2, 0) is 19.6 Å². The van der Waals surface area contributed by atoms with Crippen LogP contribution in [-0.4, -0.2) is 16.5 Å². The smallest absolute Gasteiger partial charge is 0.167 e. The van der Waals surface area contributed by atoms with Gasteiger partial charge in [-0.15, -0.1) is 0 Å². The molecule has 0 bridgehead atoms. The summed E-state index contributed by atoms with van der Waals surface area (Å²) >= 11 is 0. The molecule has 0 saturated carbocycles. The number of nitriles is 1. The van der Waals surface area contributed by atoms with Crippen LogP contribution in [0.2, 0.25) is 0 Å². The van der Waals surface area contributed by atoms with Gasteiger partial charge in [0, 0.05) is 25.1 Å². The Labute approximate surface area is 117 Å². The Morgan fingerprint density at radius 2 is 2.10 bits per heavy atom. The van der Waals surface area contributed by atoms with Crippen LogP contribution in [0.25, 0.3) is 0 Å². The molecule has 2 heterocycles. The molecule has 0 saturated heterocycles. The Morgan fingerprint density at radius 3 is 2.90 bits per heavy atom. The van der Waals surface area contributed by atoms with Gasteiger partial charge in [-0.05, 0) is 12.1 Å². The van der Waals surface area contributed by atoms with E-state index in [1.54, 1.807) is 0 Å². The first-order valence-electron chi connectivity index (χ1n) is 6.54. The van der Waals surface area contributed by atoms with Gasteiger partial charge in [0.2, 0.25) is 0 Å². The first-order chi connectivity index (χ1) is 9.86. The number of nitrogens with zero attached hydrogens (tertiary/aromatic N) is 3. The van der Waals surface area contributed by atoms with Crippen LogP contribution < -0.4 is 10.1 Å². The molecule has 1 aliphatic rings. The van der Waals surface area contributed by atoms with Crippen molar-refractivity contribution in [2.24, 2.45) is 0 Å². The molecule has 0 fully saturated rings. The second-order valence-electron chi connectivity index (χ2n) is 4.55. The van der Waals surface area contributed by atoms with E-state index in [1.165, 1.54) is 0 Å². The van der Waals surface area contributed by atoms with Gasteiger partial charge in [0.1, 0.15) is 24.1 Å². The summed E-state index contributed by atoms with van der Waals surface area (Å²) in [5.74, 6) is 1.33. The highest BCUT2D eigenvalue weighted by Crippen LogP contribution is 2.16. The lowest BCUT2D eigenvalue weighted by atomic mass is 10.1. The van der Waals surface area contributed by atoms with Crippen LogP contribution in [0.15, 0.2) is 30.3 Å². The average molecular weight is 266 g/mol. The van der Waals surface area contributed by atoms with Gasteiger partial charge in [0.25, 0.3) is 0 Å². The Balaban J connectivity index is 1.82. The topological polar surface area (TPSA) is 70.8 Å². The lowest BCUT2D eigenvalue weighted by molar-refractivity contribution is 0.295. The van der Waals surface area contributed by atoms with Gasteiger partial charge >= 0.3 is 0 Å². The summed E-state index contributed by atoms with van der Waals surface area (Å²) in [5.41, 5.74) is 2.33. The Kier molecular flexibility index (Phi) is 3.57. The third-order valence-electron chi connectivity index (χ3n) is 3.20. The van der Waals surface area contributed by atoms with Crippen LogP contribution in [0, 0.1) is 11.3 Å². The van der Waals surface area contributed by atoms with E-state index in [0.29, 0.717) is 18.1 Å². The van der Waals surface area contributed by atoms with E-state index in [2.05, 4.69) is 21.4 Å². The van der Waals surface area contributed by atoms with Crippen LogP contribution in [0.3, 0.4) is 0 Å². The molecule has 0 atom stereocenters. The fourth-order valence-corrected chi connectivity index (χ4v) is 2.22. The molecule has 1 N–H and O–H groups in total. The number of benzene rings is 1. The third kappa shape index (κ3) is 2.60. The summed E-state index contributed by atoms with van der Waals surface area (Å²) in [5, 5.41) is 12.4. The summed E-state index contributed by atoms with van der Waals surface area (Å²) in [7, 11) is 0. The Hall–Kier alpha value is -2.45. The molecule has 5 nitrogen and oxygen atoms in total. The normalized spacial score (nSPS) is 13.3. The zero-order valence-corrected chi connectivity index (χ0v) is 11.0. The SMILES string of the molecule is N#Cc1nc(COc2ccccc2)nc2c1CNCC2. The van der Waals surface area contributed by atoms with Gasteiger partial charge in [-0.3, -0.25) is 0 Å². The molecule has 20 heavy (non-hydrogen) atoms. The predicted molar refractivity (Wildman–Crippen MR) is 72.9 cm³/mol. The van der Waals surface area contributed by atoms with E-state index in [0.717, 1.165) is 30.0 Å². The quantitative estimate of drug-likeness (QED) is 0.913. The first-order valence-corrected chi connectivity index (χ1v) is 6.54. The van der Waals surface area contributed by atoms with Crippen molar-refractivity contribution in [3.05, 3.63) is 53.1 Å². The van der Waals surface area contributed by atoms with Crippen molar-refractivity contribution in [3.63, 3.8) is 0 Å². The molecule has 0 spiro atoms. The zero-order valence-electron chi connectivity index (χ0n) is 11.0. The van der Waals surface area contributed by atoms with Gasteiger partial charge in [0.05, 0.1) is 5.69 Å². The number of rotatable bonds is 3. The van der Waals surface area contributed by atoms with Crippen molar-refractivity contribution >= 4 is 0 Å². The Morgan fingerprint density at radius 1 is 1.25 bits per heavy atom. The summed E-state index contributed by atoms with van der Waals surface area (Å²) in [6.45, 7) is 1.82. The van der Waals surface area contributed by atoms with Crippen molar-refractivity contribution in [2.45, 2.75) is 19.6 Å². The van der Waals surface area contributed by atoms with Crippen molar-refractivity contribution in [1.29, 1.82) is 5.26 Å². The number of hydrogen-bond acceptors (Lipinski definition) is 5. The van der Waals surface area contributed by atoms with Crippen LogP contribution in [0.4, 0.5) is 0 Å². The van der Waals surface area contributed by atoms with Gasteiger partial charge in [0.15, 0.2) is 5.82 Å².